The molecule has 1 aromatic rings. The molecule has 1 aromatic carbocycles. The normalized spacial score (nSPS) is 11.5. The highest BCUT2D eigenvalue weighted by atomic mass is 36.0. The maximum absolute atomic E-state index is 11.3. The average Bonchev–Trinajstić information content (AvgIpc) is 2.16. The van der Waals surface area contributed by atoms with Gasteiger partial charge in [0, 0.05) is 21.4 Å². The molecule has 0 amide bonds. The van der Waals surface area contributed by atoms with Gasteiger partial charge in [0.25, 0.3) is 0 Å². The van der Waals surface area contributed by atoms with Crippen molar-refractivity contribution in [2.45, 2.75) is 18.7 Å². The Bertz CT molecular complexity index is 539. The fraction of sp³-hybridized carbons (Fsp3) is 0.333. The minimum absolute atomic E-state index is 0.163. The lowest BCUT2D eigenvalue weighted by Gasteiger charge is -2.00. The van der Waals surface area contributed by atoms with E-state index in [1.165, 1.54) is 0 Å². The summed E-state index contributed by atoms with van der Waals surface area (Å²) in [6.07, 6.45) is 0. The third kappa shape index (κ3) is 8.43. The van der Waals surface area contributed by atoms with Crippen LogP contribution in [0, 0.1) is 6.92 Å². The Kier molecular flexibility index (Phi) is 6.47. The van der Waals surface area contributed by atoms with Crippen molar-refractivity contribution in [1.82, 2.24) is 0 Å². The van der Waals surface area contributed by atoms with E-state index in [0.717, 1.165) is 5.56 Å². The Morgan fingerprint density at radius 3 is 1.65 bits per heavy atom. The molecule has 0 aliphatic heterocycles. The monoisotopic (exact) mass is 318 g/mol. The predicted octanol–water partition coefficient (Wildman–Crippen LogP) is 2.50. The number of hydrogen-bond acceptors (Lipinski definition) is 4. The van der Waals surface area contributed by atoms with Crippen LogP contribution in [0.4, 0.5) is 0 Å². The van der Waals surface area contributed by atoms with Crippen LogP contribution in [-0.2, 0) is 18.1 Å². The van der Waals surface area contributed by atoms with Gasteiger partial charge in [0.1, 0.15) is 0 Å². The van der Waals surface area contributed by atoms with E-state index in [0.29, 0.717) is 4.90 Å². The lowest BCUT2D eigenvalue weighted by Crippen LogP contribution is -2.02. The Hall–Kier alpha value is -0.300. The molecule has 0 radical (unpaired) electrons. The Morgan fingerprint density at radius 1 is 1.00 bits per heavy atom. The van der Waals surface area contributed by atoms with Gasteiger partial charge in [0.05, 0.1) is 10.6 Å². The fourth-order valence-electron chi connectivity index (χ4n) is 0.912. The minimum atomic E-state index is -3.72. The van der Waals surface area contributed by atoms with Crippen LogP contribution in [-0.4, -0.2) is 22.6 Å². The van der Waals surface area contributed by atoms with Gasteiger partial charge in [-0.3, -0.25) is 0 Å². The SMILES string of the molecule is CCS(=O)(=O)c1ccc(C)cc1.O=S(=O)(Cl)Cl. The van der Waals surface area contributed by atoms with Gasteiger partial charge in [-0.05, 0) is 19.1 Å². The summed E-state index contributed by atoms with van der Waals surface area (Å²) in [4.78, 5) is 0.413. The second-order valence-electron chi connectivity index (χ2n) is 3.09. The maximum atomic E-state index is 11.3. The Balaban J connectivity index is 0.000000437. The fourth-order valence-corrected chi connectivity index (χ4v) is 1.80. The predicted molar refractivity (Wildman–Crippen MR) is 69.5 cm³/mol. The van der Waals surface area contributed by atoms with Gasteiger partial charge in [0.15, 0.2) is 9.84 Å². The van der Waals surface area contributed by atoms with E-state index in [1.807, 2.05) is 19.1 Å². The zero-order valence-corrected chi connectivity index (χ0v) is 12.4. The van der Waals surface area contributed by atoms with Gasteiger partial charge in [-0.25, -0.2) is 8.42 Å². The summed E-state index contributed by atoms with van der Waals surface area (Å²) in [6.45, 7) is 3.58. The van der Waals surface area contributed by atoms with Crippen molar-refractivity contribution in [1.29, 1.82) is 0 Å². The van der Waals surface area contributed by atoms with Gasteiger partial charge in [-0.2, -0.15) is 8.42 Å². The summed E-state index contributed by atoms with van der Waals surface area (Å²) in [5.41, 5.74) is 1.07. The number of hydrogen-bond donors (Lipinski definition) is 0. The molecule has 0 heterocycles. The molecule has 0 bridgehead atoms. The van der Waals surface area contributed by atoms with E-state index in [-0.39, 0.29) is 5.75 Å². The summed E-state index contributed by atoms with van der Waals surface area (Å²) in [5.74, 6) is 0.163. The largest absolute Gasteiger partial charge is 0.317 e. The maximum Gasteiger partial charge on any atom is 0.317 e. The first-order valence-corrected chi connectivity index (χ1v) is 9.28. The van der Waals surface area contributed by atoms with E-state index in [4.69, 9.17) is 8.42 Å². The second-order valence-corrected chi connectivity index (χ2v) is 9.04. The highest BCUT2D eigenvalue weighted by molar-refractivity contribution is 8.31. The molecule has 0 N–H and O–H groups in total. The molecule has 1 rings (SSSR count). The van der Waals surface area contributed by atoms with Crippen molar-refractivity contribution < 1.29 is 16.8 Å². The van der Waals surface area contributed by atoms with Crippen LogP contribution in [0.2, 0.25) is 0 Å². The van der Waals surface area contributed by atoms with Crippen molar-refractivity contribution in [3.8, 4) is 0 Å². The van der Waals surface area contributed by atoms with Crippen LogP contribution in [0.1, 0.15) is 12.5 Å². The van der Waals surface area contributed by atoms with Crippen LogP contribution in [0.25, 0.3) is 0 Å². The van der Waals surface area contributed by atoms with Crippen molar-refractivity contribution in [2.24, 2.45) is 0 Å². The molecule has 17 heavy (non-hydrogen) atoms. The van der Waals surface area contributed by atoms with E-state index in [2.05, 4.69) is 21.4 Å². The Labute approximate surface area is 110 Å². The molecule has 0 fully saturated rings. The van der Waals surface area contributed by atoms with Crippen LogP contribution >= 0.6 is 21.4 Å². The summed E-state index contributed by atoms with van der Waals surface area (Å²) in [6, 6.07) is 6.91. The molecular formula is C9H12Cl2O4S2. The summed E-state index contributed by atoms with van der Waals surface area (Å²) < 4.78 is 41.0. The van der Waals surface area contributed by atoms with Gasteiger partial charge >= 0.3 is 8.26 Å². The number of halogens is 2. The first-order valence-electron chi connectivity index (χ1n) is 4.50. The highest BCUT2D eigenvalue weighted by Gasteiger charge is 2.09. The summed E-state index contributed by atoms with van der Waals surface area (Å²) >= 11 is 0. The molecule has 0 saturated carbocycles. The molecule has 0 aliphatic carbocycles. The number of sulfone groups is 1. The first kappa shape index (κ1) is 16.7. The molecule has 8 heteroatoms. The molecule has 0 aliphatic rings. The second kappa shape index (κ2) is 6.58. The molecule has 0 unspecified atom stereocenters. The van der Waals surface area contributed by atoms with Gasteiger partial charge in [-0.15, -0.1) is 0 Å². The van der Waals surface area contributed by atoms with E-state index < -0.39 is 18.1 Å². The highest BCUT2D eigenvalue weighted by Crippen LogP contribution is 2.11. The van der Waals surface area contributed by atoms with Crippen molar-refractivity contribution in [3.63, 3.8) is 0 Å². The number of rotatable bonds is 2. The molecule has 0 aromatic heterocycles. The van der Waals surface area contributed by atoms with Crippen LogP contribution in [0.15, 0.2) is 29.2 Å². The molecule has 0 atom stereocenters. The molecule has 98 valence electrons. The third-order valence-corrected chi connectivity index (χ3v) is 3.51. The lowest BCUT2D eigenvalue weighted by molar-refractivity contribution is 0.597. The topological polar surface area (TPSA) is 68.3 Å². The van der Waals surface area contributed by atoms with Gasteiger partial charge < -0.3 is 0 Å². The minimum Gasteiger partial charge on any atom is -0.224 e. The summed E-state index contributed by atoms with van der Waals surface area (Å²) in [5, 5.41) is 0. The van der Waals surface area contributed by atoms with Crippen LogP contribution in [0.5, 0.6) is 0 Å². The smallest absolute Gasteiger partial charge is 0.224 e. The van der Waals surface area contributed by atoms with E-state index in [1.54, 1.807) is 19.1 Å². The van der Waals surface area contributed by atoms with Crippen molar-refractivity contribution in [3.05, 3.63) is 29.8 Å². The average molecular weight is 319 g/mol. The molecular weight excluding hydrogens is 307 g/mol. The molecule has 0 saturated heterocycles. The number of aryl methyl sites for hydroxylation is 1. The zero-order valence-electron chi connectivity index (χ0n) is 9.22. The van der Waals surface area contributed by atoms with Crippen LogP contribution < -0.4 is 0 Å². The quantitative estimate of drug-likeness (QED) is 0.786. The lowest BCUT2D eigenvalue weighted by atomic mass is 10.2. The first-order chi connectivity index (χ1) is 7.56. The van der Waals surface area contributed by atoms with Crippen molar-refractivity contribution >= 4 is 39.5 Å². The van der Waals surface area contributed by atoms with Crippen LogP contribution in [0.3, 0.4) is 0 Å². The van der Waals surface area contributed by atoms with E-state index in [9.17, 15) is 8.42 Å². The molecule has 0 spiro atoms. The standard InChI is InChI=1S/C9H12O2S.Cl2O2S/c1-3-12(10,11)9-6-4-8(2)5-7-9;1-5(2,3)4/h4-7H,3H2,1-2H3;. The molecule has 4 nitrogen and oxygen atoms in total. The van der Waals surface area contributed by atoms with Gasteiger partial charge in [-0.1, -0.05) is 24.6 Å². The summed E-state index contributed by atoms with van der Waals surface area (Å²) in [7, 11) is 1.80. The number of benzene rings is 1. The third-order valence-electron chi connectivity index (χ3n) is 1.76. The Morgan fingerprint density at radius 2 is 1.35 bits per heavy atom. The van der Waals surface area contributed by atoms with Crippen molar-refractivity contribution in [2.75, 3.05) is 5.75 Å². The van der Waals surface area contributed by atoms with E-state index >= 15 is 0 Å². The zero-order chi connectivity index (χ0) is 13.7. The van der Waals surface area contributed by atoms with Gasteiger partial charge in [0.2, 0.25) is 0 Å².